The van der Waals surface area contributed by atoms with Gasteiger partial charge in [0, 0.05) is 21.4 Å². The SMILES string of the molecule is C[C@@H](NC1CCc2sc(Cl)cc21)c1ccccc1Br. The van der Waals surface area contributed by atoms with Crippen LogP contribution in [0.15, 0.2) is 34.8 Å². The molecule has 1 heterocycles. The molecule has 1 N–H and O–H groups in total. The number of thiophene rings is 1. The van der Waals surface area contributed by atoms with E-state index in [1.807, 2.05) is 6.07 Å². The van der Waals surface area contributed by atoms with Gasteiger partial charge in [-0.25, -0.2) is 0 Å². The standard InChI is InChI=1S/C15H15BrClNS/c1-9(10-4-2-3-5-12(10)16)18-13-6-7-14-11(13)8-15(17)19-14/h2-5,8-9,13,18H,6-7H2,1H3/t9-,13?/m1/s1. The summed E-state index contributed by atoms with van der Waals surface area (Å²) in [4.78, 5) is 1.45. The molecule has 100 valence electrons. The zero-order valence-corrected chi connectivity index (χ0v) is 13.8. The van der Waals surface area contributed by atoms with Crippen LogP contribution in [-0.4, -0.2) is 0 Å². The molecular formula is C15H15BrClNS. The molecule has 2 aromatic rings. The van der Waals surface area contributed by atoms with Crippen molar-refractivity contribution in [1.29, 1.82) is 0 Å². The second kappa shape index (κ2) is 5.57. The molecule has 1 unspecified atom stereocenters. The third-order valence-corrected chi connectivity index (χ3v) is 5.73. The molecule has 3 rings (SSSR count). The number of rotatable bonds is 3. The predicted octanol–water partition coefficient (Wildman–Crippen LogP) is 5.50. The molecule has 0 aliphatic heterocycles. The van der Waals surface area contributed by atoms with Crippen LogP contribution in [-0.2, 0) is 6.42 Å². The first kappa shape index (κ1) is 13.6. The molecule has 0 saturated carbocycles. The third kappa shape index (κ3) is 2.75. The molecule has 0 radical (unpaired) electrons. The zero-order chi connectivity index (χ0) is 13.4. The molecule has 0 saturated heterocycles. The van der Waals surface area contributed by atoms with Crippen LogP contribution in [0.25, 0.3) is 0 Å². The highest BCUT2D eigenvalue weighted by atomic mass is 79.9. The van der Waals surface area contributed by atoms with Gasteiger partial charge in [-0.05, 0) is 43.0 Å². The van der Waals surface area contributed by atoms with Gasteiger partial charge in [-0.3, -0.25) is 0 Å². The van der Waals surface area contributed by atoms with Crippen LogP contribution in [0.4, 0.5) is 0 Å². The van der Waals surface area contributed by atoms with E-state index >= 15 is 0 Å². The lowest BCUT2D eigenvalue weighted by atomic mass is 10.1. The topological polar surface area (TPSA) is 12.0 Å². The van der Waals surface area contributed by atoms with Gasteiger partial charge in [0.1, 0.15) is 0 Å². The van der Waals surface area contributed by atoms with Gasteiger partial charge in [0.2, 0.25) is 0 Å². The van der Waals surface area contributed by atoms with Crippen molar-refractivity contribution in [3.8, 4) is 0 Å². The number of halogens is 2. The quantitative estimate of drug-likeness (QED) is 0.765. The highest BCUT2D eigenvalue weighted by molar-refractivity contribution is 9.10. The van der Waals surface area contributed by atoms with Crippen LogP contribution in [0.5, 0.6) is 0 Å². The van der Waals surface area contributed by atoms with E-state index in [0.29, 0.717) is 12.1 Å². The van der Waals surface area contributed by atoms with E-state index in [0.717, 1.165) is 15.2 Å². The number of aryl methyl sites for hydroxylation is 1. The van der Waals surface area contributed by atoms with Crippen molar-refractivity contribution in [3.05, 3.63) is 55.1 Å². The molecule has 0 amide bonds. The fraction of sp³-hybridized carbons (Fsp3) is 0.333. The van der Waals surface area contributed by atoms with Crippen LogP contribution < -0.4 is 5.32 Å². The maximum atomic E-state index is 6.11. The normalized spacial score (nSPS) is 19.4. The fourth-order valence-corrected chi connectivity index (χ4v) is 4.71. The predicted molar refractivity (Wildman–Crippen MR) is 86.1 cm³/mol. The molecule has 0 spiro atoms. The molecule has 19 heavy (non-hydrogen) atoms. The molecule has 1 aromatic heterocycles. The van der Waals surface area contributed by atoms with Gasteiger partial charge in [-0.15, -0.1) is 11.3 Å². The summed E-state index contributed by atoms with van der Waals surface area (Å²) in [6.45, 7) is 2.21. The summed E-state index contributed by atoms with van der Waals surface area (Å²) in [5.74, 6) is 0. The molecule has 1 nitrogen and oxygen atoms in total. The van der Waals surface area contributed by atoms with Crippen LogP contribution in [0.1, 0.15) is 41.4 Å². The number of fused-ring (bicyclic) bond motifs is 1. The highest BCUT2D eigenvalue weighted by Crippen LogP contribution is 2.40. The Morgan fingerprint density at radius 3 is 3.00 bits per heavy atom. The summed E-state index contributed by atoms with van der Waals surface area (Å²) in [5.41, 5.74) is 2.70. The molecular weight excluding hydrogens is 342 g/mol. The summed E-state index contributed by atoms with van der Waals surface area (Å²) < 4.78 is 2.07. The van der Waals surface area contributed by atoms with Gasteiger partial charge >= 0.3 is 0 Å². The first-order valence-electron chi connectivity index (χ1n) is 6.43. The lowest BCUT2D eigenvalue weighted by molar-refractivity contribution is 0.464. The number of nitrogens with one attached hydrogen (secondary N) is 1. The summed E-state index contributed by atoms with van der Waals surface area (Å²) in [7, 11) is 0. The average molecular weight is 357 g/mol. The van der Waals surface area contributed by atoms with Gasteiger partial charge in [-0.1, -0.05) is 45.7 Å². The van der Waals surface area contributed by atoms with Crippen LogP contribution in [0.2, 0.25) is 4.34 Å². The van der Waals surface area contributed by atoms with Crippen LogP contribution in [0.3, 0.4) is 0 Å². The molecule has 1 aliphatic carbocycles. The Morgan fingerprint density at radius 1 is 1.42 bits per heavy atom. The van der Waals surface area contributed by atoms with Gasteiger partial charge in [0.25, 0.3) is 0 Å². The van der Waals surface area contributed by atoms with Crippen molar-refractivity contribution in [2.75, 3.05) is 0 Å². The Balaban J connectivity index is 1.78. The minimum absolute atomic E-state index is 0.324. The average Bonchev–Trinajstić information content (AvgIpc) is 2.90. The molecule has 0 fully saturated rings. The molecule has 2 atom stereocenters. The summed E-state index contributed by atoms with van der Waals surface area (Å²) in [5, 5.41) is 3.72. The van der Waals surface area contributed by atoms with Crippen molar-refractivity contribution in [3.63, 3.8) is 0 Å². The van der Waals surface area contributed by atoms with Crippen molar-refractivity contribution in [1.82, 2.24) is 5.32 Å². The van der Waals surface area contributed by atoms with Crippen LogP contribution in [0, 0.1) is 0 Å². The van der Waals surface area contributed by atoms with E-state index in [2.05, 4.69) is 52.4 Å². The third-order valence-electron chi connectivity index (χ3n) is 3.67. The van der Waals surface area contributed by atoms with Crippen molar-refractivity contribution < 1.29 is 0 Å². The Labute approximate surface area is 131 Å². The Kier molecular flexibility index (Phi) is 3.99. The smallest absolute Gasteiger partial charge is 0.0934 e. The summed E-state index contributed by atoms with van der Waals surface area (Å²) in [6, 6.07) is 11.3. The monoisotopic (exact) mass is 355 g/mol. The van der Waals surface area contributed by atoms with E-state index < -0.39 is 0 Å². The van der Waals surface area contributed by atoms with Crippen LogP contribution >= 0.6 is 38.9 Å². The zero-order valence-electron chi connectivity index (χ0n) is 10.6. The molecule has 1 aliphatic rings. The van der Waals surface area contributed by atoms with E-state index in [-0.39, 0.29) is 0 Å². The maximum absolute atomic E-state index is 6.11. The minimum Gasteiger partial charge on any atom is -0.303 e. The number of benzene rings is 1. The Hall–Kier alpha value is -0.350. The molecule has 1 aromatic carbocycles. The van der Waals surface area contributed by atoms with E-state index in [9.17, 15) is 0 Å². The van der Waals surface area contributed by atoms with E-state index in [4.69, 9.17) is 11.6 Å². The van der Waals surface area contributed by atoms with Gasteiger partial charge in [0.05, 0.1) is 4.34 Å². The fourth-order valence-electron chi connectivity index (χ4n) is 2.72. The maximum Gasteiger partial charge on any atom is 0.0934 e. The Morgan fingerprint density at radius 2 is 2.21 bits per heavy atom. The lowest BCUT2D eigenvalue weighted by Crippen LogP contribution is -2.23. The van der Waals surface area contributed by atoms with E-state index in [1.54, 1.807) is 11.3 Å². The molecule has 0 bridgehead atoms. The van der Waals surface area contributed by atoms with Gasteiger partial charge < -0.3 is 5.32 Å². The summed E-state index contributed by atoms with van der Waals surface area (Å²) in [6.07, 6.45) is 2.32. The number of hydrogen-bond acceptors (Lipinski definition) is 2. The first-order chi connectivity index (χ1) is 9.15. The minimum atomic E-state index is 0.324. The first-order valence-corrected chi connectivity index (χ1v) is 8.42. The largest absolute Gasteiger partial charge is 0.303 e. The number of hydrogen-bond donors (Lipinski definition) is 1. The van der Waals surface area contributed by atoms with Crippen molar-refractivity contribution >= 4 is 38.9 Å². The summed E-state index contributed by atoms with van der Waals surface area (Å²) >= 11 is 11.5. The van der Waals surface area contributed by atoms with E-state index in [1.165, 1.54) is 22.4 Å². The lowest BCUT2D eigenvalue weighted by Gasteiger charge is -2.21. The van der Waals surface area contributed by atoms with Crippen molar-refractivity contribution in [2.45, 2.75) is 31.8 Å². The molecule has 4 heteroatoms. The van der Waals surface area contributed by atoms with Gasteiger partial charge in [0.15, 0.2) is 0 Å². The van der Waals surface area contributed by atoms with Gasteiger partial charge in [-0.2, -0.15) is 0 Å². The highest BCUT2D eigenvalue weighted by Gasteiger charge is 2.26. The second-order valence-corrected chi connectivity index (χ2v) is 7.55. The van der Waals surface area contributed by atoms with Crippen molar-refractivity contribution in [2.24, 2.45) is 0 Å². The second-order valence-electron chi connectivity index (χ2n) is 4.93. The Bertz CT molecular complexity index is 596.